The molecule has 132 valence electrons. The van der Waals surface area contributed by atoms with Crippen molar-refractivity contribution in [1.29, 1.82) is 0 Å². The van der Waals surface area contributed by atoms with E-state index in [0.717, 1.165) is 11.1 Å². The van der Waals surface area contributed by atoms with E-state index in [-0.39, 0.29) is 6.42 Å². The van der Waals surface area contributed by atoms with Crippen LogP contribution < -0.4 is 10.1 Å². The number of hydrogen-bond acceptors (Lipinski definition) is 3. The van der Waals surface area contributed by atoms with Crippen molar-refractivity contribution in [3.63, 3.8) is 0 Å². The Kier molecular flexibility index (Phi) is 6.79. The van der Waals surface area contributed by atoms with Crippen LogP contribution in [0.2, 0.25) is 5.02 Å². The molecule has 1 atom stereocenters. The zero-order valence-electron chi connectivity index (χ0n) is 12.4. The molecule has 0 aliphatic carbocycles. The number of benzene rings is 2. The van der Waals surface area contributed by atoms with Gasteiger partial charge in [0.15, 0.2) is 0 Å². The Balaban J connectivity index is 0.00000288. The van der Waals surface area contributed by atoms with Crippen LogP contribution in [-0.4, -0.2) is 23.5 Å². The third kappa shape index (κ3) is 5.35. The summed E-state index contributed by atoms with van der Waals surface area (Å²) in [5.74, 6) is -0.429. The average Bonchev–Trinajstić information content (AvgIpc) is 2.55. The molecule has 0 saturated carbocycles. The van der Waals surface area contributed by atoms with Crippen molar-refractivity contribution < 1.29 is 19.4 Å². The van der Waals surface area contributed by atoms with Gasteiger partial charge in [0, 0.05) is 11.4 Å². The van der Waals surface area contributed by atoms with Crippen molar-refractivity contribution >= 4 is 24.0 Å². The number of hydrogen-bond donors (Lipinski definition) is 2. The minimum atomic E-state index is -1.10. The standard InChI is InChI=1S/C17H15ClNO4.Fm/c18-14-5-1-13(2-6-14)10-23-15-7-3-12(4-8-15)9-16(17(21)22)19-11-20;/h1-8,16H,9-10H2,(H,19,20)(H,21,22);/q-1;/t16-;/m0./s1. The maximum atomic E-state index is 11.0. The summed E-state index contributed by atoms with van der Waals surface area (Å²) in [4.78, 5) is 21.2. The largest absolute Gasteiger partial charge is 0.520 e. The maximum Gasteiger partial charge on any atom is 0.323 e. The van der Waals surface area contributed by atoms with Gasteiger partial charge >= 0.3 is 5.97 Å². The minimum Gasteiger partial charge on any atom is -0.520 e. The second-order valence-electron chi connectivity index (χ2n) is 4.90. The van der Waals surface area contributed by atoms with Gasteiger partial charge < -0.3 is 20.0 Å². The van der Waals surface area contributed by atoms with Gasteiger partial charge in [0.05, 0.1) is 0 Å². The van der Waals surface area contributed by atoms with Gasteiger partial charge in [0.25, 0.3) is 0 Å². The summed E-state index contributed by atoms with van der Waals surface area (Å²) in [5, 5.41) is 11.8. The van der Waals surface area contributed by atoms with E-state index in [1.165, 1.54) is 6.41 Å². The maximum absolute atomic E-state index is 11.0. The molecule has 0 aliphatic heterocycles. The van der Waals surface area contributed by atoms with Crippen molar-refractivity contribution in [2.75, 3.05) is 0 Å². The molecule has 0 spiro atoms. The van der Waals surface area contributed by atoms with Crippen LogP contribution in [0.15, 0.2) is 48.5 Å². The molecule has 2 N–H and O–H groups in total. The van der Waals surface area contributed by atoms with E-state index >= 15 is 0 Å². The first-order valence-electron chi connectivity index (χ1n) is 6.90. The van der Waals surface area contributed by atoms with Gasteiger partial charge in [-0.15, -0.1) is 0 Å². The first-order valence-corrected chi connectivity index (χ1v) is 7.28. The molecule has 0 aromatic heterocycles. The molecule has 0 unspecified atom stereocenters. The summed E-state index contributed by atoms with van der Waals surface area (Å²) >= 11 is 5.82. The predicted octanol–water partition coefficient (Wildman–Crippen LogP) is 2.57. The van der Waals surface area contributed by atoms with Crippen molar-refractivity contribution in [2.24, 2.45) is 0 Å². The molecule has 0 aliphatic rings. The van der Waals surface area contributed by atoms with Gasteiger partial charge in [-0.2, -0.15) is 6.41 Å². The fraction of sp³-hybridized carbons (Fsp3) is 0.176. The molecule has 0 saturated heterocycles. The normalized spacial score (nSPS) is 11.0. The number of carboxylic acids is 1. The number of rotatable bonds is 8. The molecule has 0 heterocycles. The average molecular weight is 590 g/mol. The number of aliphatic carboxylic acids is 1. The van der Waals surface area contributed by atoms with Gasteiger partial charge in [-0.1, -0.05) is 35.9 Å². The molecule has 7 heteroatoms. The van der Waals surface area contributed by atoms with Crippen molar-refractivity contribution in [2.45, 2.75) is 19.1 Å². The second kappa shape index (κ2) is 8.80. The van der Waals surface area contributed by atoms with E-state index in [4.69, 9.17) is 21.4 Å². The minimum absolute atomic E-state index is 0. The molecule has 24 heavy (non-hydrogen) atoms. The van der Waals surface area contributed by atoms with E-state index in [1.54, 1.807) is 36.4 Å². The second-order valence-corrected chi connectivity index (χ2v) is 5.34. The number of carbonyl (C=O) groups is 1. The molecule has 2 aromatic carbocycles. The van der Waals surface area contributed by atoms with E-state index < -0.39 is 12.0 Å². The molecule has 1 amide bonds. The predicted molar refractivity (Wildman–Crippen MR) is 86.2 cm³/mol. The Bertz CT molecular complexity index is 661. The van der Waals surface area contributed by atoms with Crippen LogP contribution in [0, 0.1) is 0 Å². The van der Waals surface area contributed by atoms with Crippen LogP contribution in [-0.2, 0) is 22.6 Å². The fourth-order valence-electron chi connectivity index (χ4n) is 1.98. The van der Waals surface area contributed by atoms with Gasteiger partial charge in [-0.25, -0.2) is 0 Å². The summed E-state index contributed by atoms with van der Waals surface area (Å²) in [6, 6.07) is 13.4. The smallest absolute Gasteiger partial charge is 0.323 e. The summed E-state index contributed by atoms with van der Waals surface area (Å²) in [6.07, 6.45) is 1.59. The first-order chi connectivity index (χ1) is 11.1. The Hall–Kier alpha value is -3.53. The van der Waals surface area contributed by atoms with E-state index in [9.17, 15) is 9.59 Å². The number of halogens is 1. The Morgan fingerprint density at radius 3 is 2.25 bits per heavy atom. The monoisotopic (exact) mass is 589 g/mol. The summed E-state index contributed by atoms with van der Waals surface area (Å²) in [6.45, 7) is 0.413. The SMILES string of the molecule is O=[C-]N[C@@H](Cc1ccc(OCc2ccc(Cl)cc2)cc1)C(=O)O.[Fm]. The number of carboxylic acid groups (broad SMARTS) is 1. The van der Waals surface area contributed by atoms with Gasteiger partial charge in [0.1, 0.15) is 18.4 Å². The molecule has 2 aromatic rings. The topological polar surface area (TPSA) is 75.6 Å². The van der Waals surface area contributed by atoms with E-state index in [1.807, 2.05) is 12.1 Å². The number of nitrogens with one attached hydrogen (secondary N) is 1. The molecular formula is C17H15ClFmNO4-. The van der Waals surface area contributed by atoms with Gasteiger partial charge in [-0.3, -0.25) is 4.79 Å². The summed E-state index contributed by atoms with van der Waals surface area (Å²) in [7, 11) is 0. The van der Waals surface area contributed by atoms with Crippen LogP contribution >= 0.6 is 11.6 Å². The van der Waals surface area contributed by atoms with Crippen molar-refractivity contribution in [1.82, 2.24) is 5.32 Å². The van der Waals surface area contributed by atoms with Gasteiger partial charge in [-0.05, 0) is 35.4 Å². The van der Waals surface area contributed by atoms with Crippen LogP contribution in [0.25, 0.3) is 0 Å². The van der Waals surface area contributed by atoms with Crippen molar-refractivity contribution in [3.05, 3.63) is 64.7 Å². The number of amides is 1. The molecule has 5 nitrogen and oxygen atoms in total. The summed E-state index contributed by atoms with van der Waals surface area (Å²) in [5.41, 5.74) is 1.77. The molecule has 0 fully saturated rings. The van der Waals surface area contributed by atoms with Crippen LogP contribution in [0.5, 0.6) is 5.75 Å². The summed E-state index contributed by atoms with van der Waals surface area (Å²) < 4.78 is 5.65. The number of ether oxygens (including phenoxy) is 1. The van der Waals surface area contributed by atoms with Crippen LogP contribution in [0.4, 0.5) is 0 Å². The van der Waals surface area contributed by atoms with Crippen LogP contribution in [0.1, 0.15) is 11.1 Å². The Morgan fingerprint density at radius 2 is 1.71 bits per heavy atom. The molecule has 2 rings (SSSR count). The molecule has 0 radical (unpaired) electrons. The van der Waals surface area contributed by atoms with Crippen molar-refractivity contribution in [3.8, 4) is 5.75 Å². The van der Waals surface area contributed by atoms with E-state index in [0.29, 0.717) is 17.4 Å². The third-order valence-electron chi connectivity index (χ3n) is 3.21. The zero-order valence-corrected chi connectivity index (χ0v) is 15.6. The zero-order chi connectivity index (χ0) is 16.7. The number of carbonyl (C=O) groups excluding carboxylic acids is 1. The molecule has 0 bridgehead atoms. The third-order valence-corrected chi connectivity index (χ3v) is 3.47. The Labute approximate surface area is 138 Å². The van der Waals surface area contributed by atoms with Gasteiger partial charge in [0.2, 0.25) is 0 Å². The Morgan fingerprint density at radius 1 is 1.12 bits per heavy atom. The quantitative estimate of drug-likeness (QED) is 0.367. The first kappa shape index (κ1) is 18.5. The molecular weight excluding hydrogens is 575 g/mol. The fourth-order valence-corrected chi connectivity index (χ4v) is 2.10. The van der Waals surface area contributed by atoms with E-state index in [2.05, 4.69) is 5.32 Å². The van der Waals surface area contributed by atoms with Crippen LogP contribution in [0.3, 0.4) is 0 Å².